The summed E-state index contributed by atoms with van der Waals surface area (Å²) >= 11 is 0. The summed E-state index contributed by atoms with van der Waals surface area (Å²) in [5.41, 5.74) is 0.793. The van der Waals surface area contributed by atoms with Gasteiger partial charge in [0.05, 0.1) is 6.61 Å². The minimum Gasteiger partial charge on any atom is -0.481 e. The lowest BCUT2D eigenvalue weighted by Crippen LogP contribution is -2.39. The summed E-state index contributed by atoms with van der Waals surface area (Å²) in [6, 6.07) is 9.06. The van der Waals surface area contributed by atoms with Crippen molar-refractivity contribution in [2.75, 3.05) is 0 Å². The Kier molecular flexibility index (Phi) is 3.58. The Hall–Kier alpha value is -1.94. The molecule has 1 N–H and O–H groups in total. The summed E-state index contributed by atoms with van der Waals surface area (Å²) in [6.07, 6.45) is 5.37. The van der Waals surface area contributed by atoms with Gasteiger partial charge in [0, 0.05) is 0 Å². The van der Waals surface area contributed by atoms with Crippen molar-refractivity contribution in [3.63, 3.8) is 0 Å². The summed E-state index contributed by atoms with van der Waals surface area (Å²) in [7, 11) is 0. The number of aliphatic carboxylic acids is 1. The van der Waals surface area contributed by atoms with E-state index in [9.17, 15) is 9.18 Å². The number of alkyl halides is 1. The van der Waals surface area contributed by atoms with Crippen molar-refractivity contribution < 1.29 is 19.0 Å². The number of hydrogen-bond acceptors (Lipinski definition) is 2. The third-order valence-corrected chi connectivity index (χ3v) is 2.73. The maximum Gasteiger partial charge on any atom is 0.316 e. The van der Waals surface area contributed by atoms with Gasteiger partial charge in [-0.15, -0.1) is 0 Å². The summed E-state index contributed by atoms with van der Waals surface area (Å²) in [5.74, 6) is -4.85. The highest BCUT2D eigenvalue weighted by Crippen LogP contribution is 2.31. The van der Waals surface area contributed by atoms with Crippen molar-refractivity contribution in [3.8, 4) is 0 Å². The van der Waals surface area contributed by atoms with E-state index in [1.807, 2.05) is 18.2 Å². The van der Waals surface area contributed by atoms with Crippen LogP contribution in [0.5, 0.6) is 0 Å². The van der Waals surface area contributed by atoms with Gasteiger partial charge in [-0.2, -0.15) is 0 Å². The van der Waals surface area contributed by atoms with Crippen molar-refractivity contribution in [3.05, 3.63) is 60.2 Å². The molecule has 0 heterocycles. The molecule has 2 atom stereocenters. The highest BCUT2D eigenvalue weighted by molar-refractivity contribution is 5.74. The number of hydrogen-bond donors (Lipinski definition) is 1. The molecule has 0 amide bonds. The normalized spacial score (nSPS) is 26.2. The van der Waals surface area contributed by atoms with Crippen LogP contribution in [0, 0.1) is 5.92 Å². The number of carbonyl (C=O) groups is 1. The van der Waals surface area contributed by atoms with E-state index in [4.69, 9.17) is 9.84 Å². The van der Waals surface area contributed by atoms with Crippen LogP contribution >= 0.6 is 0 Å². The highest BCUT2D eigenvalue weighted by atomic mass is 19.2. The van der Waals surface area contributed by atoms with Crippen molar-refractivity contribution in [1.82, 2.24) is 0 Å². The van der Waals surface area contributed by atoms with E-state index in [1.165, 1.54) is 18.2 Å². The van der Waals surface area contributed by atoms with E-state index in [0.717, 1.165) is 11.6 Å². The fourth-order valence-electron chi connectivity index (χ4n) is 1.75. The second kappa shape index (κ2) is 5.14. The molecule has 1 aliphatic carbocycles. The van der Waals surface area contributed by atoms with Gasteiger partial charge in [-0.25, -0.2) is 4.39 Å². The average molecular weight is 248 g/mol. The predicted octanol–water partition coefficient (Wildman–Crippen LogP) is 2.70. The van der Waals surface area contributed by atoms with Gasteiger partial charge in [-0.05, 0) is 11.6 Å². The van der Waals surface area contributed by atoms with Crippen LogP contribution in [0.2, 0.25) is 0 Å². The third-order valence-electron chi connectivity index (χ3n) is 2.73. The molecule has 18 heavy (non-hydrogen) atoms. The Balaban J connectivity index is 2.09. The summed E-state index contributed by atoms with van der Waals surface area (Å²) in [4.78, 5) is 11.0. The Morgan fingerprint density at radius 3 is 2.72 bits per heavy atom. The van der Waals surface area contributed by atoms with Gasteiger partial charge in [0.25, 0.3) is 0 Å². The number of allylic oxidation sites excluding steroid dienone is 2. The summed E-state index contributed by atoms with van der Waals surface area (Å²) < 4.78 is 19.6. The molecule has 0 saturated heterocycles. The predicted molar refractivity (Wildman–Crippen MR) is 64.5 cm³/mol. The number of halogens is 1. The van der Waals surface area contributed by atoms with E-state index in [0.29, 0.717) is 0 Å². The molecule has 4 heteroatoms. The molecule has 0 aromatic heterocycles. The molecule has 0 spiro atoms. The molecule has 0 fully saturated rings. The zero-order chi connectivity index (χ0) is 13.0. The molecule has 1 aliphatic rings. The topological polar surface area (TPSA) is 46.5 Å². The first-order chi connectivity index (χ1) is 8.62. The van der Waals surface area contributed by atoms with Gasteiger partial charge in [-0.1, -0.05) is 48.6 Å². The second-order valence-electron chi connectivity index (χ2n) is 4.03. The largest absolute Gasteiger partial charge is 0.481 e. The van der Waals surface area contributed by atoms with Gasteiger partial charge >= 0.3 is 5.97 Å². The molecule has 3 nitrogen and oxygen atoms in total. The SMILES string of the molecule is O=C(O)C1C=CC=CC1(F)OCc1ccccc1. The summed E-state index contributed by atoms with van der Waals surface area (Å²) in [5, 5.41) is 8.97. The van der Waals surface area contributed by atoms with Crippen molar-refractivity contribution >= 4 is 5.97 Å². The standard InChI is InChI=1S/C14H13FO3/c15-14(9-5-4-8-12(14)13(16)17)18-10-11-6-2-1-3-7-11/h1-9,12H,10H2,(H,16,17). The maximum atomic E-state index is 14.4. The van der Waals surface area contributed by atoms with Crippen molar-refractivity contribution in [2.24, 2.45) is 5.92 Å². The molecule has 1 aromatic rings. The van der Waals surface area contributed by atoms with Crippen molar-refractivity contribution in [1.29, 1.82) is 0 Å². The van der Waals surface area contributed by atoms with Gasteiger partial charge in [0.1, 0.15) is 5.92 Å². The lowest BCUT2D eigenvalue weighted by Gasteiger charge is -2.28. The van der Waals surface area contributed by atoms with Gasteiger partial charge in [-0.3, -0.25) is 4.79 Å². The van der Waals surface area contributed by atoms with E-state index in [1.54, 1.807) is 12.1 Å². The lowest BCUT2D eigenvalue weighted by molar-refractivity contribution is -0.173. The average Bonchev–Trinajstić information content (AvgIpc) is 2.38. The smallest absolute Gasteiger partial charge is 0.316 e. The molecule has 2 unspecified atom stereocenters. The zero-order valence-electron chi connectivity index (χ0n) is 9.62. The van der Waals surface area contributed by atoms with Gasteiger partial charge < -0.3 is 9.84 Å². The Morgan fingerprint density at radius 2 is 2.06 bits per heavy atom. The first-order valence-electron chi connectivity index (χ1n) is 5.57. The molecular formula is C14H13FO3. The van der Waals surface area contributed by atoms with E-state index in [2.05, 4.69) is 0 Å². The van der Waals surface area contributed by atoms with Crippen LogP contribution in [0.4, 0.5) is 4.39 Å². The number of benzene rings is 1. The highest BCUT2D eigenvalue weighted by Gasteiger charge is 2.42. The minimum atomic E-state index is -2.30. The summed E-state index contributed by atoms with van der Waals surface area (Å²) in [6.45, 7) is 0.0271. The minimum absolute atomic E-state index is 0.0271. The number of ether oxygens (including phenoxy) is 1. The van der Waals surface area contributed by atoms with Crippen molar-refractivity contribution in [2.45, 2.75) is 12.5 Å². The Morgan fingerprint density at radius 1 is 1.33 bits per heavy atom. The van der Waals surface area contributed by atoms with Gasteiger partial charge in [0.15, 0.2) is 0 Å². The zero-order valence-corrected chi connectivity index (χ0v) is 9.62. The fourth-order valence-corrected chi connectivity index (χ4v) is 1.75. The fraction of sp³-hybridized carbons (Fsp3) is 0.214. The maximum absolute atomic E-state index is 14.4. The van der Waals surface area contributed by atoms with E-state index >= 15 is 0 Å². The molecule has 0 bridgehead atoms. The van der Waals surface area contributed by atoms with Crippen LogP contribution in [-0.2, 0) is 16.1 Å². The quantitative estimate of drug-likeness (QED) is 0.891. The monoisotopic (exact) mass is 248 g/mol. The van der Waals surface area contributed by atoms with Crippen LogP contribution in [0.3, 0.4) is 0 Å². The second-order valence-corrected chi connectivity index (χ2v) is 4.03. The first-order valence-corrected chi connectivity index (χ1v) is 5.57. The molecule has 2 rings (SSSR count). The Bertz CT molecular complexity index is 481. The number of rotatable bonds is 4. The molecule has 0 saturated carbocycles. The first kappa shape index (κ1) is 12.5. The van der Waals surface area contributed by atoms with Crippen LogP contribution < -0.4 is 0 Å². The molecular weight excluding hydrogens is 235 g/mol. The molecule has 0 aliphatic heterocycles. The number of carboxylic acid groups (broad SMARTS) is 1. The Labute approximate surface area is 104 Å². The molecule has 1 aromatic carbocycles. The van der Waals surface area contributed by atoms with Crippen LogP contribution in [0.15, 0.2) is 54.6 Å². The molecule has 94 valence electrons. The third kappa shape index (κ3) is 2.65. The van der Waals surface area contributed by atoms with Crippen LogP contribution in [-0.4, -0.2) is 16.9 Å². The lowest BCUT2D eigenvalue weighted by atomic mass is 9.95. The number of carboxylic acids is 1. The molecule has 0 radical (unpaired) electrons. The van der Waals surface area contributed by atoms with E-state index < -0.39 is 17.7 Å². The van der Waals surface area contributed by atoms with Crippen LogP contribution in [0.1, 0.15) is 5.56 Å². The van der Waals surface area contributed by atoms with Crippen LogP contribution in [0.25, 0.3) is 0 Å². The van der Waals surface area contributed by atoms with Gasteiger partial charge in [0.2, 0.25) is 5.85 Å². The van der Waals surface area contributed by atoms with E-state index in [-0.39, 0.29) is 6.61 Å².